The van der Waals surface area contributed by atoms with Gasteiger partial charge in [0.25, 0.3) is 5.91 Å². The number of urea groups is 1. The second kappa shape index (κ2) is 6.67. The van der Waals surface area contributed by atoms with Crippen LogP contribution in [0, 0.1) is 5.82 Å². The molecule has 2 aliphatic heterocycles. The van der Waals surface area contributed by atoms with Gasteiger partial charge in [0.15, 0.2) is 12.0 Å². The molecule has 0 radical (unpaired) electrons. The molecule has 0 aliphatic carbocycles. The Labute approximate surface area is 144 Å². The van der Waals surface area contributed by atoms with Crippen LogP contribution in [0.15, 0.2) is 29.3 Å². The topological polar surface area (TPSA) is 88.5 Å². The predicted molar refractivity (Wildman–Crippen MR) is 88.0 cm³/mol. The lowest BCUT2D eigenvalue weighted by Crippen LogP contribution is -2.65. The highest BCUT2D eigenvalue weighted by atomic mass is 19.1. The van der Waals surface area contributed by atoms with Crippen LogP contribution in [0.4, 0.5) is 9.18 Å². The normalized spacial score (nSPS) is 24.8. The molecule has 3 amide bonds. The van der Waals surface area contributed by atoms with Crippen LogP contribution in [0.5, 0.6) is 0 Å². The second-order valence-corrected chi connectivity index (χ2v) is 6.02. The SMILES string of the molecule is CN1C(=O)N(Cc2ccc(F)cc2)C(=O)C2C1NC(=NCCO)N2C. The smallest absolute Gasteiger partial charge is 0.328 e. The van der Waals surface area contributed by atoms with Gasteiger partial charge < -0.3 is 20.2 Å². The Morgan fingerprint density at radius 1 is 1.20 bits per heavy atom. The number of nitrogens with zero attached hydrogens (tertiary/aromatic N) is 4. The summed E-state index contributed by atoms with van der Waals surface area (Å²) in [6.45, 7) is 0.174. The first-order valence-corrected chi connectivity index (χ1v) is 7.91. The highest BCUT2D eigenvalue weighted by Crippen LogP contribution is 2.25. The summed E-state index contributed by atoms with van der Waals surface area (Å²) in [7, 11) is 3.32. The summed E-state index contributed by atoms with van der Waals surface area (Å²) in [6, 6.07) is 4.65. The van der Waals surface area contributed by atoms with Gasteiger partial charge in [-0.1, -0.05) is 12.1 Å². The van der Waals surface area contributed by atoms with Crippen molar-refractivity contribution >= 4 is 17.9 Å². The number of rotatable bonds is 4. The van der Waals surface area contributed by atoms with Gasteiger partial charge in [0, 0.05) is 14.1 Å². The van der Waals surface area contributed by atoms with E-state index >= 15 is 0 Å². The third-order valence-corrected chi connectivity index (χ3v) is 4.41. The molecule has 0 aromatic heterocycles. The number of carbonyl (C=O) groups excluding carboxylic acids is 2. The average molecular weight is 349 g/mol. The van der Waals surface area contributed by atoms with E-state index in [2.05, 4.69) is 10.3 Å². The Balaban J connectivity index is 1.84. The molecule has 0 bridgehead atoms. The van der Waals surface area contributed by atoms with Crippen molar-refractivity contribution in [3.63, 3.8) is 0 Å². The van der Waals surface area contributed by atoms with Crippen LogP contribution < -0.4 is 5.32 Å². The summed E-state index contributed by atoms with van der Waals surface area (Å²) < 4.78 is 13.1. The largest absolute Gasteiger partial charge is 0.394 e. The molecule has 25 heavy (non-hydrogen) atoms. The van der Waals surface area contributed by atoms with Gasteiger partial charge in [0.1, 0.15) is 12.0 Å². The number of halogens is 1. The van der Waals surface area contributed by atoms with Gasteiger partial charge in [-0.15, -0.1) is 0 Å². The van der Waals surface area contributed by atoms with Crippen LogP contribution in [0.25, 0.3) is 0 Å². The quantitative estimate of drug-likeness (QED) is 0.786. The van der Waals surface area contributed by atoms with E-state index in [1.165, 1.54) is 17.0 Å². The molecular weight excluding hydrogens is 329 g/mol. The van der Waals surface area contributed by atoms with E-state index in [0.717, 1.165) is 4.90 Å². The Bertz CT molecular complexity index is 708. The van der Waals surface area contributed by atoms with Crippen molar-refractivity contribution in [3.05, 3.63) is 35.6 Å². The lowest BCUT2D eigenvalue weighted by Gasteiger charge is -2.40. The lowest BCUT2D eigenvalue weighted by atomic mass is 10.1. The Hall–Kier alpha value is -2.68. The summed E-state index contributed by atoms with van der Waals surface area (Å²) in [5.41, 5.74) is 0.665. The van der Waals surface area contributed by atoms with Crippen LogP contribution >= 0.6 is 0 Å². The van der Waals surface area contributed by atoms with Gasteiger partial charge in [-0.3, -0.25) is 14.7 Å². The number of fused-ring (bicyclic) bond motifs is 1. The molecular formula is C16H20FN5O3. The second-order valence-electron chi connectivity index (χ2n) is 6.02. The first-order chi connectivity index (χ1) is 11.9. The molecule has 3 rings (SSSR count). The van der Waals surface area contributed by atoms with Gasteiger partial charge in [0.05, 0.1) is 19.7 Å². The van der Waals surface area contributed by atoms with Crippen molar-refractivity contribution in [1.29, 1.82) is 0 Å². The first-order valence-electron chi connectivity index (χ1n) is 7.91. The maximum absolute atomic E-state index is 13.1. The lowest BCUT2D eigenvalue weighted by molar-refractivity contribution is -0.137. The van der Waals surface area contributed by atoms with Gasteiger partial charge in [-0.25, -0.2) is 9.18 Å². The first kappa shape index (κ1) is 17.2. The average Bonchev–Trinajstić information content (AvgIpc) is 2.93. The number of nitrogens with one attached hydrogen (secondary N) is 1. The summed E-state index contributed by atoms with van der Waals surface area (Å²) in [6.07, 6.45) is -0.521. The molecule has 0 spiro atoms. The molecule has 2 fully saturated rings. The molecule has 9 heteroatoms. The van der Waals surface area contributed by atoms with Gasteiger partial charge in [-0.05, 0) is 17.7 Å². The van der Waals surface area contributed by atoms with Crippen LogP contribution in [-0.2, 0) is 11.3 Å². The molecule has 2 unspecified atom stereocenters. The van der Waals surface area contributed by atoms with E-state index in [4.69, 9.17) is 5.11 Å². The molecule has 2 heterocycles. The number of amides is 3. The molecule has 1 aromatic rings. The third-order valence-electron chi connectivity index (χ3n) is 4.41. The van der Waals surface area contributed by atoms with E-state index in [0.29, 0.717) is 11.5 Å². The van der Waals surface area contributed by atoms with E-state index in [1.54, 1.807) is 31.1 Å². The van der Waals surface area contributed by atoms with E-state index < -0.39 is 18.2 Å². The molecule has 1 aromatic carbocycles. The zero-order chi connectivity index (χ0) is 18.1. The fraction of sp³-hybridized carbons (Fsp3) is 0.438. The van der Waals surface area contributed by atoms with Crippen LogP contribution in [0.3, 0.4) is 0 Å². The number of carbonyl (C=O) groups is 2. The highest BCUT2D eigenvalue weighted by molar-refractivity contribution is 6.04. The van der Waals surface area contributed by atoms with Crippen molar-refractivity contribution in [2.45, 2.75) is 18.8 Å². The minimum absolute atomic E-state index is 0.0719. The van der Waals surface area contributed by atoms with Gasteiger partial charge >= 0.3 is 6.03 Å². The molecule has 2 atom stereocenters. The van der Waals surface area contributed by atoms with Crippen molar-refractivity contribution in [2.75, 3.05) is 27.2 Å². The number of hydrogen-bond donors (Lipinski definition) is 2. The highest BCUT2D eigenvalue weighted by Gasteiger charge is 2.51. The van der Waals surface area contributed by atoms with E-state index in [-0.39, 0.29) is 31.4 Å². The Kier molecular flexibility index (Phi) is 4.58. The predicted octanol–water partition coefficient (Wildman–Crippen LogP) is -0.202. The Morgan fingerprint density at radius 2 is 1.88 bits per heavy atom. The standard InChI is InChI=1S/C16H20FN5O3/c1-20-12-13(19-15(20)18-7-8-23)21(2)16(25)22(14(12)24)9-10-3-5-11(17)6-4-10/h3-6,12-13,23H,7-9H2,1-2H3,(H,18,19). The minimum Gasteiger partial charge on any atom is -0.394 e. The zero-order valence-corrected chi connectivity index (χ0v) is 14.0. The maximum Gasteiger partial charge on any atom is 0.328 e. The van der Waals surface area contributed by atoms with Crippen molar-refractivity contribution in [1.82, 2.24) is 20.0 Å². The maximum atomic E-state index is 13.1. The Morgan fingerprint density at radius 3 is 2.52 bits per heavy atom. The number of guanidine groups is 1. The number of aliphatic hydroxyl groups excluding tert-OH is 1. The zero-order valence-electron chi connectivity index (χ0n) is 14.0. The molecule has 2 aliphatic rings. The fourth-order valence-electron chi connectivity index (χ4n) is 3.06. The molecule has 8 nitrogen and oxygen atoms in total. The summed E-state index contributed by atoms with van der Waals surface area (Å²) in [5.74, 6) is -0.260. The third kappa shape index (κ3) is 3.02. The minimum atomic E-state index is -0.611. The van der Waals surface area contributed by atoms with Crippen LogP contribution in [-0.4, -0.2) is 77.2 Å². The number of aliphatic hydroxyl groups is 1. The number of imide groups is 1. The van der Waals surface area contributed by atoms with Crippen LogP contribution in [0.1, 0.15) is 5.56 Å². The molecule has 2 saturated heterocycles. The van der Waals surface area contributed by atoms with Crippen molar-refractivity contribution < 1.29 is 19.1 Å². The van der Waals surface area contributed by atoms with E-state index in [1.807, 2.05) is 0 Å². The fourth-order valence-corrected chi connectivity index (χ4v) is 3.06. The number of likely N-dealkylation sites (N-methyl/N-ethyl adjacent to an activating group) is 2. The molecule has 134 valence electrons. The molecule has 2 N–H and O–H groups in total. The van der Waals surface area contributed by atoms with E-state index in [9.17, 15) is 14.0 Å². The monoisotopic (exact) mass is 349 g/mol. The van der Waals surface area contributed by atoms with Crippen molar-refractivity contribution in [2.24, 2.45) is 4.99 Å². The van der Waals surface area contributed by atoms with Gasteiger partial charge in [0.2, 0.25) is 0 Å². The summed E-state index contributed by atoms with van der Waals surface area (Å²) in [4.78, 5) is 33.9. The number of aliphatic imine (C=N–C) groups is 1. The van der Waals surface area contributed by atoms with Crippen molar-refractivity contribution in [3.8, 4) is 0 Å². The van der Waals surface area contributed by atoms with Gasteiger partial charge in [-0.2, -0.15) is 0 Å². The van der Waals surface area contributed by atoms with Crippen LogP contribution in [0.2, 0.25) is 0 Å². The number of benzene rings is 1. The molecule has 0 saturated carbocycles. The summed E-state index contributed by atoms with van der Waals surface area (Å²) >= 11 is 0. The summed E-state index contributed by atoms with van der Waals surface area (Å²) in [5, 5.41) is 12.0. The number of hydrogen-bond acceptors (Lipinski definition) is 4.